The van der Waals surface area contributed by atoms with Crippen LogP contribution < -0.4 is 4.72 Å². The van der Waals surface area contributed by atoms with E-state index in [0.29, 0.717) is 5.56 Å². The highest BCUT2D eigenvalue weighted by Gasteiger charge is 2.32. The first-order valence-electron chi connectivity index (χ1n) is 10.7. The van der Waals surface area contributed by atoms with Crippen molar-refractivity contribution in [1.82, 2.24) is 9.62 Å². The molecule has 1 saturated carbocycles. The standard InChI is InChI=1S/C24H29N3O3S/c1-3-18-12-14-22(15-13-18)31(29,30)26-23(16-19-8-10-20(17-25)11-9-19)24(28)27(2)21-6-4-5-7-21/h8-15,21,23,26H,3-7,16H2,1-2H3/t23-/m0/s1. The Kier molecular flexibility index (Phi) is 7.47. The van der Waals surface area contributed by atoms with E-state index in [1.807, 2.05) is 6.92 Å². The fraction of sp³-hybridized carbons (Fsp3) is 0.417. The first-order valence-corrected chi connectivity index (χ1v) is 12.2. The average Bonchev–Trinajstić information content (AvgIpc) is 3.33. The maximum Gasteiger partial charge on any atom is 0.241 e. The third-order valence-electron chi connectivity index (χ3n) is 5.98. The number of amides is 1. The Hall–Kier alpha value is -2.69. The molecule has 0 radical (unpaired) electrons. The highest BCUT2D eigenvalue weighted by molar-refractivity contribution is 7.89. The molecule has 164 valence electrons. The minimum absolute atomic E-state index is 0.143. The van der Waals surface area contributed by atoms with Crippen molar-refractivity contribution in [3.05, 3.63) is 65.2 Å². The SMILES string of the molecule is CCc1ccc(S(=O)(=O)N[C@@H](Cc2ccc(C#N)cc2)C(=O)N(C)C2CCCC2)cc1. The number of carbonyl (C=O) groups is 1. The van der Waals surface area contributed by atoms with Gasteiger partial charge < -0.3 is 4.90 Å². The predicted molar refractivity (Wildman–Crippen MR) is 120 cm³/mol. The van der Waals surface area contributed by atoms with Gasteiger partial charge in [0.05, 0.1) is 16.5 Å². The fourth-order valence-electron chi connectivity index (χ4n) is 4.01. The van der Waals surface area contributed by atoms with Gasteiger partial charge in [-0.25, -0.2) is 8.42 Å². The average molecular weight is 440 g/mol. The maximum absolute atomic E-state index is 13.3. The van der Waals surface area contributed by atoms with Crippen molar-refractivity contribution in [3.8, 4) is 6.07 Å². The van der Waals surface area contributed by atoms with Gasteiger partial charge in [0, 0.05) is 13.1 Å². The van der Waals surface area contributed by atoms with Crippen molar-refractivity contribution in [2.75, 3.05) is 7.05 Å². The van der Waals surface area contributed by atoms with Crippen LogP contribution in [0.25, 0.3) is 0 Å². The van der Waals surface area contributed by atoms with E-state index in [0.717, 1.165) is 43.2 Å². The zero-order valence-electron chi connectivity index (χ0n) is 18.0. The number of nitriles is 1. The molecule has 3 rings (SSSR count). The van der Waals surface area contributed by atoms with Crippen LogP contribution in [0.5, 0.6) is 0 Å². The highest BCUT2D eigenvalue weighted by Crippen LogP contribution is 2.24. The number of likely N-dealkylation sites (N-methyl/N-ethyl adjacent to an activating group) is 1. The van der Waals surface area contributed by atoms with E-state index >= 15 is 0 Å². The van der Waals surface area contributed by atoms with Gasteiger partial charge in [-0.15, -0.1) is 0 Å². The molecule has 0 bridgehead atoms. The summed E-state index contributed by atoms with van der Waals surface area (Å²) >= 11 is 0. The van der Waals surface area contributed by atoms with Crippen LogP contribution in [0.3, 0.4) is 0 Å². The number of benzene rings is 2. The van der Waals surface area contributed by atoms with Crippen LogP contribution in [-0.2, 0) is 27.7 Å². The molecule has 1 aliphatic rings. The van der Waals surface area contributed by atoms with Crippen LogP contribution in [0.2, 0.25) is 0 Å². The molecule has 0 unspecified atom stereocenters. The Morgan fingerprint density at radius 3 is 2.23 bits per heavy atom. The molecule has 0 spiro atoms. The Labute approximate surface area is 184 Å². The van der Waals surface area contributed by atoms with E-state index < -0.39 is 16.1 Å². The summed E-state index contributed by atoms with van der Waals surface area (Å²) in [5.74, 6) is -0.231. The van der Waals surface area contributed by atoms with E-state index in [9.17, 15) is 13.2 Å². The van der Waals surface area contributed by atoms with Crippen LogP contribution in [0.1, 0.15) is 49.3 Å². The lowest BCUT2D eigenvalue weighted by molar-refractivity contribution is -0.133. The second-order valence-electron chi connectivity index (χ2n) is 8.07. The molecule has 1 N–H and O–H groups in total. The van der Waals surface area contributed by atoms with Crippen LogP contribution >= 0.6 is 0 Å². The van der Waals surface area contributed by atoms with Crippen molar-refractivity contribution in [2.45, 2.75) is 62.4 Å². The molecule has 0 saturated heterocycles. The molecule has 0 heterocycles. The summed E-state index contributed by atoms with van der Waals surface area (Å²) in [6.07, 6.45) is 5.08. The van der Waals surface area contributed by atoms with Crippen molar-refractivity contribution in [1.29, 1.82) is 5.26 Å². The second kappa shape index (κ2) is 10.1. The lowest BCUT2D eigenvalue weighted by atomic mass is 10.0. The molecule has 2 aromatic carbocycles. The summed E-state index contributed by atoms with van der Waals surface area (Å²) in [4.78, 5) is 15.2. The Balaban J connectivity index is 1.85. The topological polar surface area (TPSA) is 90.3 Å². The largest absolute Gasteiger partial charge is 0.341 e. The lowest BCUT2D eigenvalue weighted by Crippen LogP contribution is -2.50. The Morgan fingerprint density at radius 2 is 1.68 bits per heavy atom. The van der Waals surface area contributed by atoms with Gasteiger partial charge >= 0.3 is 0 Å². The minimum atomic E-state index is -3.87. The van der Waals surface area contributed by atoms with Crippen molar-refractivity contribution in [2.24, 2.45) is 0 Å². The van der Waals surface area contributed by atoms with Gasteiger partial charge in [-0.2, -0.15) is 9.98 Å². The van der Waals surface area contributed by atoms with Gasteiger partial charge in [-0.1, -0.05) is 44.0 Å². The first-order chi connectivity index (χ1) is 14.8. The predicted octanol–water partition coefficient (Wildman–Crippen LogP) is 3.41. The van der Waals surface area contributed by atoms with Crippen LogP contribution in [0, 0.1) is 11.3 Å². The Morgan fingerprint density at radius 1 is 1.10 bits per heavy atom. The number of sulfonamides is 1. The molecule has 31 heavy (non-hydrogen) atoms. The lowest BCUT2D eigenvalue weighted by Gasteiger charge is -2.29. The van der Waals surface area contributed by atoms with Gasteiger partial charge in [0.2, 0.25) is 15.9 Å². The van der Waals surface area contributed by atoms with Gasteiger partial charge in [0.25, 0.3) is 0 Å². The number of carbonyl (C=O) groups excluding carboxylic acids is 1. The minimum Gasteiger partial charge on any atom is -0.341 e. The summed E-state index contributed by atoms with van der Waals surface area (Å²) in [7, 11) is -2.11. The summed E-state index contributed by atoms with van der Waals surface area (Å²) in [5, 5.41) is 9.01. The number of nitrogens with zero attached hydrogens (tertiary/aromatic N) is 2. The van der Waals surface area contributed by atoms with E-state index in [2.05, 4.69) is 10.8 Å². The van der Waals surface area contributed by atoms with Crippen molar-refractivity contribution >= 4 is 15.9 Å². The summed E-state index contributed by atoms with van der Waals surface area (Å²) in [6, 6.07) is 14.9. The van der Waals surface area contributed by atoms with E-state index in [4.69, 9.17) is 5.26 Å². The monoisotopic (exact) mass is 439 g/mol. The number of nitrogens with one attached hydrogen (secondary N) is 1. The molecule has 0 aliphatic heterocycles. The molecule has 1 aliphatic carbocycles. The summed E-state index contributed by atoms with van der Waals surface area (Å²) in [5.41, 5.74) is 2.36. The molecule has 0 aromatic heterocycles. The summed E-state index contributed by atoms with van der Waals surface area (Å²) < 4.78 is 28.8. The highest BCUT2D eigenvalue weighted by atomic mass is 32.2. The fourth-order valence-corrected chi connectivity index (χ4v) is 5.20. The van der Waals surface area contributed by atoms with Crippen molar-refractivity contribution in [3.63, 3.8) is 0 Å². The third-order valence-corrected chi connectivity index (χ3v) is 7.47. The van der Waals surface area contributed by atoms with Crippen LogP contribution in [0.15, 0.2) is 53.4 Å². The third kappa shape index (κ3) is 5.72. The summed E-state index contributed by atoms with van der Waals surface area (Å²) in [6.45, 7) is 2.01. The number of hydrogen-bond acceptors (Lipinski definition) is 4. The van der Waals surface area contributed by atoms with E-state index in [-0.39, 0.29) is 23.3 Å². The normalized spacial score (nSPS) is 15.4. The first kappa shape index (κ1) is 23.0. The Bertz CT molecular complexity index is 1030. The molecule has 2 aromatic rings. The van der Waals surface area contributed by atoms with E-state index in [1.165, 1.54) is 0 Å². The van der Waals surface area contributed by atoms with Gasteiger partial charge in [0.15, 0.2) is 0 Å². The molecule has 6 nitrogen and oxygen atoms in total. The van der Waals surface area contributed by atoms with E-state index in [1.54, 1.807) is 60.5 Å². The molecule has 7 heteroatoms. The number of hydrogen-bond donors (Lipinski definition) is 1. The zero-order valence-corrected chi connectivity index (χ0v) is 18.9. The van der Waals surface area contributed by atoms with Gasteiger partial charge in [-0.05, 0) is 61.1 Å². The van der Waals surface area contributed by atoms with Crippen molar-refractivity contribution < 1.29 is 13.2 Å². The number of rotatable bonds is 8. The molecule has 1 fully saturated rings. The molecule has 1 amide bonds. The van der Waals surface area contributed by atoms with Gasteiger partial charge in [0.1, 0.15) is 6.04 Å². The molecular formula is C24H29N3O3S. The maximum atomic E-state index is 13.3. The van der Waals surface area contributed by atoms with Crippen LogP contribution in [0.4, 0.5) is 0 Å². The molecule has 1 atom stereocenters. The molecular weight excluding hydrogens is 410 g/mol. The van der Waals surface area contributed by atoms with Crippen LogP contribution in [-0.4, -0.2) is 38.4 Å². The zero-order chi connectivity index (χ0) is 22.4. The number of aryl methyl sites for hydroxylation is 1. The smallest absolute Gasteiger partial charge is 0.241 e. The quantitative estimate of drug-likeness (QED) is 0.682. The second-order valence-corrected chi connectivity index (χ2v) is 9.79. The van der Waals surface area contributed by atoms with Gasteiger partial charge in [-0.3, -0.25) is 4.79 Å².